The van der Waals surface area contributed by atoms with Gasteiger partial charge in [0.25, 0.3) is 0 Å². The number of nitriles is 1. The van der Waals surface area contributed by atoms with Crippen LogP contribution in [0, 0.1) is 11.3 Å². The van der Waals surface area contributed by atoms with Gasteiger partial charge in [-0.3, -0.25) is 0 Å². The van der Waals surface area contributed by atoms with Gasteiger partial charge in [0.15, 0.2) is 0 Å². The zero-order valence-electron chi connectivity index (χ0n) is 11.2. The van der Waals surface area contributed by atoms with Crippen LogP contribution in [0.15, 0.2) is 23.2 Å². The maximum absolute atomic E-state index is 9.39. The molecule has 0 unspecified atom stereocenters. The van der Waals surface area contributed by atoms with Crippen LogP contribution < -0.4 is 0 Å². The van der Waals surface area contributed by atoms with E-state index in [1.807, 2.05) is 12.1 Å². The average molecular weight is 335 g/mol. The molecule has 1 aromatic carbocycles. The Bertz CT molecular complexity index is 756. The molecule has 21 heavy (non-hydrogen) atoms. The maximum atomic E-state index is 9.39. The van der Waals surface area contributed by atoms with Crippen molar-refractivity contribution in [3.05, 3.63) is 49.8 Å². The zero-order valence-corrected chi connectivity index (χ0v) is 13.5. The molecule has 1 aromatic heterocycles. The van der Waals surface area contributed by atoms with Gasteiger partial charge in [0.2, 0.25) is 0 Å². The van der Waals surface area contributed by atoms with Gasteiger partial charge in [-0.15, -0.1) is 11.3 Å². The molecule has 0 spiro atoms. The van der Waals surface area contributed by atoms with Crippen molar-refractivity contribution in [1.29, 1.82) is 5.26 Å². The Morgan fingerprint density at radius 2 is 2.05 bits per heavy atom. The zero-order chi connectivity index (χ0) is 14.8. The second-order valence-electron chi connectivity index (χ2n) is 4.90. The van der Waals surface area contributed by atoms with Crippen molar-refractivity contribution >= 4 is 45.8 Å². The van der Waals surface area contributed by atoms with Gasteiger partial charge in [-0.25, -0.2) is 4.99 Å². The number of benzene rings is 1. The summed E-state index contributed by atoms with van der Waals surface area (Å²) in [7, 11) is 0. The smallest absolute Gasteiger partial charge is 0.134 e. The van der Waals surface area contributed by atoms with E-state index in [0.717, 1.165) is 35.4 Å². The first kappa shape index (κ1) is 14.6. The van der Waals surface area contributed by atoms with Crippen LogP contribution in [0.4, 0.5) is 5.00 Å². The lowest BCUT2D eigenvalue weighted by Gasteiger charge is -2.09. The van der Waals surface area contributed by atoms with E-state index >= 15 is 0 Å². The topological polar surface area (TPSA) is 36.1 Å². The van der Waals surface area contributed by atoms with Gasteiger partial charge < -0.3 is 0 Å². The molecule has 0 saturated heterocycles. The number of hydrogen-bond donors (Lipinski definition) is 0. The van der Waals surface area contributed by atoms with E-state index in [0.29, 0.717) is 10.0 Å². The van der Waals surface area contributed by atoms with Crippen LogP contribution in [0.3, 0.4) is 0 Å². The van der Waals surface area contributed by atoms with Gasteiger partial charge in [-0.05, 0) is 37.3 Å². The van der Waals surface area contributed by atoms with Crippen LogP contribution in [-0.2, 0) is 12.8 Å². The molecule has 0 atom stereocenters. The highest BCUT2D eigenvalue weighted by atomic mass is 35.5. The molecule has 0 N–H and O–H groups in total. The Hall–Kier alpha value is -1.34. The van der Waals surface area contributed by atoms with Gasteiger partial charge in [-0.2, -0.15) is 5.26 Å². The Labute approximate surface area is 137 Å². The lowest BCUT2D eigenvalue weighted by Crippen LogP contribution is -1.99. The fourth-order valence-electron chi connectivity index (χ4n) is 2.51. The first-order chi connectivity index (χ1) is 10.2. The second-order valence-corrected chi connectivity index (χ2v) is 6.77. The van der Waals surface area contributed by atoms with Crippen molar-refractivity contribution in [2.45, 2.75) is 25.7 Å². The average Bonchev–Trinajstić information content (AvgIpc) is 2.86. The fraction of sp³-hybridized carbons (Fsp3) is 0.250. The molecule has 3 rings (SSSR count). The minimum Gasteiger partial charge on any atom is -0.244 e. The highest BCUT2D eigenvalue weighted by Gasteiger charge is 2.20. The summed E-state index contributed by atoms with van der Waals surface area (Å²) in [6, 6.07) is 7.74. The largest absolute Gasteiger partial charge is 0.244 e. The van der Waals surface area contributed by atoms with E-state index < -0.39 is 0 Å². The monoisotopic (exact) mass is 334 g/mol. The number of hydrogen-bond acceptors (Lipinski definition) is 3. The van der Waals surface area contributed by atoms with E-state index in [9.17, 15) is 5.26 Å². The molecular weight excluding hydrogens is 323 g/mol. The Balaban J connectivity index is 1.98. The first-order valence-electron chi connectivity index (χ1n) is 6.73. The van der Waals surface area contributed by atoms with Crippen LogP contribution in [-0.4, -0.2) is 6.21 Å². The molecule has 5 heteroatoms. The lowest BCUT2D eigenvalue weighted by molar-refractivity contribution is 0.696. The molecule has 1 aliphatic carbocycles. The molecule has 2 nitrogen and oxygen atoms in total. The van der Waals surface area contributed by atoms with Gasteiger partial charge in [0.05, 0.1) is 15.6 Å². The van der Waals surface area contributed by atoms with Crippen molar-refractivity contribution in [1.82, 2.24) is 0 Å². The number of aliphatic imine (C=N–C) groups is 1. The van der Waals surface area contributed by atoms with Crippen LogP contribution >= 0.6 is 34.5 Å². The minimum absolute atomic E-state index is 0.489. The Morgan fingerprint density at radius 1 is 1.24 bits per heavy atom. The molecule has 0 bridgehead atoms. The molecule has 0 saturated carbocycles. The van der Waals surface area contributed by atoms with Crippen LogP contribution in [0.5, 0.6) is 0 Å². The van der Waals surface area contributed by atoms with E-state index in [1.54, 1.807) is 23.6 Å². The van der Waals surface area contributed by atoms with Crippen molar-refractivity contribution in [3.63, 3.8) is 0 Å². The summed E-state index contributed by atoms with van der Waals surface area (Å²) in [5.74, 6) is 0. The van der Waals surface area contributed by atoms with Crippen molar-refractivity contribution in [2.24, 2.45) is 4.99 Å². The number of aryl methyl sites for hydroxylation is 1. The van der Waals surface area contributed by atoms with E-state index in [-0.39, 0.29) is 0 Å². The number of nitrogens with zero attached hydrogens (tertiary/aromatic N) is 2. The predicted octanol–water partition coefficient (Wildman–Crippen LogP) is 5.56. The van der Waals surface area contributed by atoms with E-state index in [1.165, 1.54) is 16.9 Å². The van der Waals surface area contributed by atoms with Gasteiger partial charge in [0, 0.05) is 16.7 Å². The molecule has 106 valence electrons. The van der Waals surface area contributed by atoms with Gasteiger partial charge in [0.1, 0.15) is 11.1 Å². The van der Waals surface area contributed by atoms with E-state index in [4.69, 9.17) is 23.2 Å². The van der Waals surface area contributed by atoms with Crippen LogP contribution in [0.1, 0.15) is 34.4 Å². The molecule has 1 heterocycles. The molecule has 0 amide bonds. The number of thiophene rings is 1. The molecule has 0 fully saturated rings. The normalized spacial score (nSPS) is 14.1. The summed E-state index contributed by atoms with van der Waals surface area (Å²) in [6.07, 6.45) is 6.08. The Kier molecular flexibility index (Phi) is 4.30. The molecule has 0 radical (unpaired) electrons. The molecule has 0 aliphatic heterocycles. The predicted molar refractivity (Wildman–Crippen MR) is 89.4 cm³/mol. The molecule has 2 aromatic rings. The lowest BCUT2D eigenvalue weighted by atomic mass is 9.96. The van der Waals surface area contributed by atoms with Gasteiger partial charge >= 0.3 is 0 Å². The number of fused-ring (bicyclic) bond motifs is 1. The number of rotatable bonds is 2. The summed E-state index contributed by atoms with van der Waals surface area (Å²) in [5.41, 5.74) is 2.68. The quantitative estimate of drug-likeness (QED) is 0.662. The van der Waals surface area contributed by atoms with Gasteiger partial charge in [-0.1, -0.05) is 35.3 Å². The third-order valence-electron chi connectivity index (χ3n) is 3.57. The summed E-state index contributed by atoms with van der Waals surface area (Å²) in [6.45, 7) is 0. The van der Waals surface area contributed by atoms with Crippen molar-refractivity contribution < 1.29 is 0 Å². The van der Waals surface area contributed by atoms with Crippen LogP contribution in [0.25, 0.3) is 0 Å². The third-order valence-corrected chi connectivity index (χ3v) is 5.60. The summed E-state index contributed by atoms with van der Waals surface area (Å²) in [5, 5.41) is 11.2. The highest BCUT2D eigenvalue weighted by molar-refractivity contribution is 7.16. The minimum atomic E-state index is 0.489. The second kappa shape index (κ2) is 6.19. The Morgan fingerprint density at radius 3 is 2.86 bits per heavy atom. The summed E-state index contributed by atoms with van der Waals surface area (Å²) < 4.78 is 0. The van der Waals surface area contributed by atoms with Crippen molar-refractivity contribution in [3.8, 4) is 6.07 Å². The summed E-state index contributed by atoms with van der Waals surface area (Å²) >= 11 is 13.8. The first-order valence-corrected chi connectivity index (χ1v) is 8.30. The highest BCUT2D eigenvalue weighted by Crippen LogP contribution is 2.39. The third kappa shape index (κ3) is 2.85. The SMILES string of the molecule is N#Cc1c(/N=C/c2cccc(Cl)c2Cl)sc2c1CCCC2. The fourth-order valence-corrected chi connectivity index (χ4v) is 4.05. The summed E-state index contributed by atoms with van der Waals surface area (Å²) in [4.78, 5) is 5.79. The van der Waals surface area contributed by atoms with E-state index in [2.05, 4.69) is 11.1 Å². The maximum Gasteiger partial charge on any atom is 0.134 e. The van der Waals surface area contributed by atoms with Crippen LogP contribution in [0.2, 0.25) is 10.0 Å². The standard InChI is InChI=1S/C16H12Cl2N2S/c17-13-6-3-4-10(15(13)18)9-20-16-12(8-19)11-5-1-2-7-14(11)21-16/h3-4,6,9H,1-2,5,7H2/b20-9+. The van der Waals surface area contributed by atoms with Crippen molar-refractivity contribution in [2.75, 3.05) is 0 Å². The number of halogens is 2. The molecular formula is C16H12Cl2N2S. The molecule has 1 aliphatic rings.